The van der Waals surface area contributed by atoms with Crippen LogP contribution in [0.25, 0.3) is 0 Å². The molecule has 102 valence electrons. The van der Waals surface area contributed by atoms with Crippen LogP contribution in [0.4, 0.5) is 0 Å². The van der Waals surface area contributed by atoms with Gasteiger partial charge in [0.1, 0.15) is 0 Å². The first-order valence-corrected chi connectivity index (χ1v) is 7.93. The third kappa shape index (κ3) is 5.55. The summed E-state index contributed by atoms with van der Waals surface area (Å²) in [6, 6.07) is 3.86. The Hall–Kier alpha value is -0.315. The van der Waals surface area contributed by atoms with Crippen LogP contribution in [-0.4, -0.2) is 17.2 Å². The van der Waals surface area contributed by atoms with E-state index >= 15 is 0 Å². The summed E-state index contributed by atoms with van der Waals surface area (Å²) in [6.07, 6.45) is 8.90. The predicted octanol–water partition coefficient (Wildman–Crippen LogP) is 2.97. The van der Waals surface area contributed by atoms with Gasteiger partial charge in [0.2, 0.25) is 0 Å². The van der Waals surface area contributed by atoms with Gasteiger partial charge in [-0.1, -0.05) is 58.4 Å². The Kier molecular flexibility index (Phi) is 7.63. The molecule has 0 saturated carbocycles. The van der Waals surface area contributed by atoms with E-state index in [2.05, 4.69) is 13.8 Å². The molecule has 1 atom stereocenters. The zero-order valence-electron chi connectivity index (χ0n) is 11.6. The van der Waals surface area contributed by atoms with Gasteiger partial charge in [-0.3, -0.25) is 0 Å². The van der Waals surface area contributed by atoms with Crippen LogP contribution in [0.5, 0.6) is 0 Å². The molecule has 0 aliphatic carbocycles. The highest BCUT2D eigenvalue weighted by Gasteiger charge is 2.15. The van der Waals surface area contributed by atoms with Crippen molar-refractivity contribution in [3.63, 3.8) is 0 Å². The highest BCUT2D eigenvalue weighted by molar-refractivity contribution is 7.22. The second-order valence-electron chi connectivity index (χ2n) is 5.01. The van der Waals surface area contributed by atoms with Crippen molar-refractivity contribution < 1.29 is 10.0 Å². The molecule has 2 nitrogen and oxygen atoms in total. The fraction of sp³-hybridized carbons (Fsp3) is 0.714. The van der Waals surface area contributed by atoms with E-state index < -0.39 is 7.12 Å². The van der Waals surface area contributed by atoms with E-state index in [0.717, 1.165) is 12.3 Å². The van der Waals surface area contributed by atoms with Gasteiger partial charge >= 0.3 is 7.12 Å². The van der Waals surface area contributed by atoms with Crippen LogP contribution in [0.15, 0.2) is 12.1 Å². The number of thiophene rings is 1. The summed E-state index contributed by atoms with van der Waals surface area (Å²) in [6.45, 7) is 4.49. The molecule has 18 heavy (non-hydrogen) atoms. The average molecular weight is 268 g/mol. The lowest BCUT2D eigenvalue weighted by atomic mass is 9.89. The monoisotopic (exact) mass is 268 g/mol. The second-order valence-corrected chi connectivity index (χ2v) is 6.21. The fourth-order valence-corrected chi connectivity index (χ4v) is 3.24. The molecule has 0 saturated heterocycles. The van der Waals surface area contributed by atoms with Gasteiger partial charge in [-0.25, -0.2) is 0 Å². The molecule has 0 radical (unpaired) electrons. The molecule has 1 unspecified atom stereocenters. The Labute approximate surface area is 115 Å². The van der Waals surface area contributed by atoms with E-state index in [-0.39, 0.29) is 0 Å². The van der Waals surface area contributed by atoms with E-state index in [9.17, 15) is 0 Å². The summed E-state index contributed by atoms with van der Waals surface area (Å²) in [5, 5.41) is 18.2. The van der Waals surface area contributed by atoms with Gasteiger partial charge in [-0.05, 0) is 18.4 Å². The molecule has 0 aromatic carbocycles. The molecule has 1 aromatic rings. The van der Waals surface area contributed by atoms with Crippen molar-refractivity contribution >= 4 is 23.2 Å². The molecule has 1 rings (SSSR count). The third-order valence-electron chi connectivity index (χ3n) is 3.47. The first-order chi connectivity index (χ1) is 8.67. The summed E-state index contributed by atoms with van der Waals surface area (Å²) in [7, 11) is -1.31. The van der Waals surface area contributed by atoms with Crippen LogP contribution in [0.3, 0.4) is 0 Å². The highest BCUT2D eigenvalue weighted by Crippen LogP contribution is 2.21. The molecule has 2 N–H and O–H groups in total. The highest BCUT2D eigenvalue weighted by atomic mass is 32.1. The molecular weight excluding hydrogens is 243 g/mol. The van der Waals surface area contributed by atoms with Crippen molar-refractivity contribution in [3.8, 4) is 0 Å². The topological polar surface area (TPSA) is 40.5 Å². The van der Waals surface area contributed by atoms with Gasteiger partial charge in [0, 0.05) is 9.65 Å². The molecule has 0 amide bonds. The van der Waals surface area contributed by atoms with E-state index in [1.165, 1.54) is 54.7 Å². The quantitative estimate of drug-likeness (QED) is 0.534. The van der Waals surface area contributed by atoms with Crippen LogP contribution in [0.2, 0.25) is 0 Å². The van der Waals surface area contributed by atoms with Gasteiger partial charge in [-0.2, -0.15) is 0 Å². The predicted molar refractivity (Wildman–Crippen MR) is 80.4 cm³/mol. The molecule has 0 aliphatic heterocycles. The molecule has 0 aliphatic rings. The van der Waals surface area contributed by atoms with E-state index in [1.807, 2.05) is 12.1 Å². The minimum Gasteiger partial charge on any atom is -0.423 e. The Morgan fingerprint density at radius 3 is 2.50 bits per heavy atom. The molecular formula is C14H25BO2S. The average Bonchev–Trinajstić information content (AvgIpc) is 2.81. The van der Waals surface area contributed by atoms with Crippen LogP contribution >= 0.6 is 11.3 Å². The molecule has 1 heterocycles. The first kappa shape index (κ1) is 15.7. The van der Waals surface area contributed by atoms with Gasteiger partial charge < -0.3 is 10.0 Å². The number of unbranched alkanes of at least 4 members (excludes halogenated alkanes) is 3. The standard InChI is InChI=1S/C14H25BO2S/c1-3-5-6-7-8-12(4-2)11-13-9-10-14(18-13)15(16)17/h9-10,12,16-17H,3-8,11H2,1-2H3. The Morgan fingerprint density at radius 2 is 1.94 bits per heavy atom. The lowest BCUT2D eigenvalue weighted by Gasteiger charge is -2.13. The maximum Gasteiger partial charge on any atom is 0.499 e. The largest absolute Gasteiger partial charge is 0.499 e. The lowest BCUT2D eigenvalue weighted by molar-refractivity contribution is 0.427. The minimum atomic E-state index is -1.31. The molecule has 1 aromatic heterocycles. The van der Waals surface area contributed by atoms with Gasteiger partial charge in [0.15, 0.2) is 0 Å². The maximum atomic E-state index is 9.09. The zero-order chi connectivity index (χ0) is 13.4. The van der Waals surface area contributed by atoms with E-state index in [1.54, 1.807) is 0 Å². The van der Waals surface area contributed by atoms with Crippen LogP contribution in [0, 0.1) is 5.92 Å². The second kappa shape index (κ2) is 8.73. The normalized spacial score (nSPS) is 12.7. The van der Waals surface area contributed by atoms with Crippen LogP contribution in [-0.2, 0) is 6.42 Å². The number of hydrogen-bond acceptors (Lipinski definition) is 3. The summed E-state index contributed by atoms with van der Waals surface area (Å²) < 4.78 is 0.658. The zero-order valence-corrected chi connectivity index (χ0v) is 12.4. The lowest BCUT2D eigenvalue weighted by Crippen LogP contribution is -2.26. The third-order valence-corrected chi connectivity index (χ3v) is 4.62. The van der Waals surface area contributed by atoms with Crippen LogP contribution in [0.1, 0.15) is 57.2 Å². The molecule has 4 heteroatoms. The SMILES string of the molecule is CCCCCCC(CC)Cc1ccc(B(O)O)s1. The minimum absolute atomic E-state index is 0.658. The van der Waals surface area contributed by atoms with Gasteiger partial charge in [0.05, 0.1) is 0 Å². The van der Waals surface area contributed by atoms with Gasteiger partial charge in [0.25, 0.3) is 0 Å². The summed E-state index contributed by atoms with van der Waals surface area (Å²) in [5.41, 5.74) is 0. The summed E-state index contributed by atoms with van der Waals surface area (Å²) in [5.74, 6) is 0.740. The van der Waals surface area contributed by atoms with Crippen molar-refractivity contribution in [1.29, 1.82) is 0 Å². The fourth-order valence-electron chi connectivity index (χ4n) is 2.24. The number of hydrogen-bond donors (Lipinski definition) is 2. The van der Waals surface area contributed by atoms with Crippen molar-refractivity contribution in [1.82, 2.24) is 0 Å². The molecule has 0 spiro atoms. The first-order valence-electron chi connectivity index (χ1n) is 7.12. The Balaban J connectivity index is 2.36. The van der Waals surface area contributed by atoms with Crippen LogP contribution < -0.4 is 4.78 Å². The Morgan fingerprint density at radius 1 is 1.17 bits per heavy atom. The van der Waals surface area contributed by atoms with Crippen molar-refractivity contribution in [3.05, 3.63) is 17.0 Å². The van der Waals surface area contributed by atoms with E-state index in [0.29, 0.717) is 4.78 Å². The van der Waals surface area contributed by atoms with Crippen molar-refractivity contribution in [2.45, 2.75) is 58.8 Å². The van der Waals surface area contributed by atoms with E-state index in [4.69, 9.17) is 10.0 Å². The molecule has 0 fully saturated rings. The maximum absolute atomic E-state index is 9.09. The smallest absolute Gasteiger partial charge is 0.423 e. The summed E-state index contributed by atoms with van der Waals surface area (Å²) in [4.78, 5) is 1.28. The Bertz CT molecular complexity index is 325. The van der Waals surface area contributed by atoms with Crippen molar-refractivity contribution in [2.75, 3.05) is 0 Å². The summed E-state index contributed by atoms with van der Waals surface area (Å²) >= 11 is 1.53. The molecule has 0 bridgehead atoms. The van der Waals surface area contributed by atoms with Crippen molar-refractivity contribution in [2.24, 2.45) is 5.92 Å². The van der Waals surface area contributed by atoms with Gasteiger partial charge in [-0.15, -0.1) is 11.3 Å². The number of rotatable bonds is 9.